The molecule has 144 valence electrons. The summed E-state index contributed by atoms with van der Waals surface area (Å²) in [7, 11) is 0. The number of aromatic nitrogens is 2. The van der Waals surface area contributed by atoms with Crippen molar-refractivity contribution in [2.45, 2.75) is 51.6 Å². The minimum absolute atomic E-state index is 0.0256. The van der Waals surface area contributed by atoms with Gasteiger partial charge in [0.15, 0.2) is 0 Å². The number of nitrogens with zero attached hydrogens (tertiary/aromatic N) is 4. The molecule has 2 aromatic rings. The first-order valence-corrected chi connectivity index (χ1v) is 9.66. The van der Waals surface area contributed by atoms with Gasteiger partial charge in [-0.3, -0.25) is 9.69 Å². The molecular formula is C21H23N5O2. The van der Waals surface area contributed by atoms with Gasteiger partial charge in [-0.2, -0.15) is 10.4 Å². The maximum atomic E-state index is 13.3. The van der Waals surface area contributed by atoms with Gasteiger partial charge in [-0.05, 0) is 37.8 Å². The molecule has 1 spiro atoms. The molecule has 7 nitrogen and oxygen atoms in total. The first-order chi connectivity index (χ1) is 13.5. The van der Waals surface area contributed by atoms with Gasteiger partial charge >= 0.3 is 6.03 Å². The van der Waals surface area contributed by atoms with Crippen LogP contribution in [0.1, 0.15) is 49.6 Å². The van der Waals surface area contributed by atoms with Crippen LogP contribution in [0.25, 0.3) is 5.69 Å². The average Bonchev–Trinajstić information content (AvgIpc) is 3.14. The molecule has 2 unspecified atom stereocenters. The van der Waals surface area contributed by atoms with Crippen molar-refractivity contribution in [2.75, 3.05) is 0 Å². The molecule has 2 heterocycles. The molecule has 1 saturated heterocycles. The van der Waals surface area contributed by atoms with Crippen molar-refractivity contribution < 1.29 is 9.59 Å². The van der Waals surface area contributed by atoms with E-state index >= 15 is 0 Å². The maximum absolute atomic E-state index is 13.3. The van der Waals surface area contributed by atoms with Crippen LogP contribution in [0.2, 0.25) is 0 Å². The summed E-state index contributed by atoms with van der Waals surface area (Å²) in [4.78, 5) is 27.3. The lowest BCUT2D eigenvalue weighted by molar-refractivity contribution is -0.134. The van der Waals surface area contributed by atoms with Gasteiger partial charge in [0.25, 0.3) is 5.91 Å². The molecule has 2 aliphatic rings. The summed E-state index contributed by atoms with van der Waals surface area (Å²) in [6.45, 7) is 3.82. The Hall–Kier alpha value is -3.14. The van der Waals surface area contributed by atoms with Crippen LogP contribution in [0.3, 0.4) is 0 Å². The normalized spacial score (nSPS) is 24.5. The fraction of sp³-hybridized carbons (Fsp3) is 0.429. The molecule has 2 atom stereocenters. The molecule has 1 aromatic heterocycles. The number of carbonyl (C=O) groups excluding carboxylic acids is 2. The van der Waals surface area contributed by atoms with Gasteiger partial charge < -0.3 is 5.32 Å². The monoisotopic (exact) mass is 377 g/mol. The Kier molecular flexibility index (Phi) is 4.42. The molecule has 1 N–H and O–H groups in total. The lowest BCUT2D eigenvalue weighted by Gasteiger charge is -2.36. The number of rotatable bonds is 3. The van der Waals surface area contributed by atoms with E-state index in [1.165, 1.54) is 4.90 Å². The van der Waals surface area contributed by atoms with Gasteiger partial charge in [-0.25, -0.2) is 9.48 Å². The lowest BCUT2D eigenvalue weighted by Crippen LogP contribution is -2.53. The number of carbonyl (C=O) groups is 2. The highest BCUT2D eigenvalue weighted by atomic mass is 16.2. The summed E-state index contributed by atoms with van der Waals surface area (Å²) in [5.41, 5.74) is 1.51. The average molecular weight is 377 g/mol. The minimum atomic E-state index is -0.811. The Balaban J connectivity index is 1.73. The Morgan fingerprint density at radius 2 is 2.04 bits per heavy atom. The smallest absolute Gasteiger partial charge is 0.323 e. The third kappa shape index (κ3) is 2.68. The van der Waals surface area contributed by atoms with E-state index < -0.39 is 5.54 Å². The van der Waals surface area contributed by atoms with E-state index in [2.05, 4.69) is 16.5 Å². The topological polar surface area (TPSA) is 91.0 Å². The molecule has 4 rings (SSSR count). The first-order valence-electron chi connectivity index (χ1n) is 9.66. The highest BCUT2D eigenvalue weighted by Crippen LogP contribution is 2.38. The summed E-state index contributed by atoms with van der Waals surface area (Å²) in [5, 5.41) is 17.1. The van der Waals surface area contributed by atoms with Gasteiger partial charge in [-0.15, -0.1) is 0 Å². The van der Waals surface area contributed by atoms with Crippen LogP contribution in [-0.2, 0) is 11.3 Å². The number of nitrogens with one attached hydrogen (secondary N) is 1. The van der Waals surface area contributed by atoms with Gasteiger partial charge in [0.05, 0.1) is 29.2 Å². The number of imide groups is 1. The molecule has 1 aromatic carbocycles. The summed E-state index contributed by atoms with van der Waals surface area (Å²) in [6.07, 6.45) is 3.58. The van der Waals surface area contributed by atoms with Crippen LogP contribution >= 0.6 is 0 Å². The van der Waals surface area contributed by atoms with Crippen LogP contribution in [0.4, 0.5) is 4.79 Å². The third-order valence-corrected chi connectivity index (χ3v) is 6.08. The van der Waals surface area contributed by atoms with Crippen molar-refractivity contribution in [1.29, 1.82) is 5.26 Å². The number of hydrogen-bond donors (Lipinski definition) is 1. The number of para-hydroxylation sites is 1. The second-order valence-corrected chi connectivity index (χ2v) is 7.71. The second-order valence-electron chi connectivity index (χ2n) is 7.71. The van der Waals surface area contributed by atoms with E-state index in [9.17, 15) is 14.9 Å². The molecule has 1 aliphatic heterocycles. The van der Waals surface area contributed by atoms with Gasteiger partial charge in [-0.1, -0.05) is 38.0 Å². The maximum Gasteiger partial charge on any atom is 0.325 e. The van der Waals surface area contributed by atoms with Crippen LogP contribution in [0.15, 0.2) is 30.3 Å². The Labute approximate surface area is 163 Å². The Morgan fingerprint density at radius 3 is 2.71 bits per heavy atom. The zero-order chi connectivity index (χ0) is 19.9. The van der Waals surface area contributed by atoms with Gasteiger partial charge in [0, 0.05) is 0 Å². The van der Waals surface area contributed by atoms with E-state index in [1.54, 1.807) is 11.6 Å². The zero-order valence-corrected chi connectivity index (χ0v) is 16.1. The summed E-state index contributed by atoms with van der Waals surface area (Å²) < 4.78 is 1.66. The molecule has 1 saturated carbocycles. The standard InChI is InChI=1S/C21H23N5O2/c1-14-8-6-7-11-21(14)19(27)25(20(28)23-21)13-18-17(12-22)15(2)24-26(18)16-9-4-3-5-10-16/h3-5,9-10,14H,6-8,11,13H2,1-2H3,(H,23,28). The van der Waals surface area contributed by atoms with Crippen LogP contribution in [0.5, 0.6) is 0 Å². The van der Waals surface area contributed by atoms with Crippen molar-refractivity contribution in [3.63, 3.8) is 0 Å². The SMILES string of the molecule is Cc1nn(-c2ccccc2)c(CN2C(=O)NC3(CCCCC3C)C2=O)c1C#N. The van der Waals surface area contributed by atoms with Crippen LogP contribution in [-0.4, -0.2) is 32.2 Å². The van der Waals surface area contributed by atoms with Crippen molar-refractivity contribution in [2.24, 2.45) is 5.92 Å². The van der Waals surface area contributed by atoms with Crippen molar-refractivity contribution in [1.82, 2.24) is 20.0 Å². The molecule has 28 heavy (non-hydrogen) atoms. The largest absolute Gasteiger partial charge is 0.325 e. The van der Waals surface area contributed by atoms with Crippen LogP contribution in [0, 0.1) is 24.2 Å². The number of benzene rings is 1. The molecular weight excluding hydrogens is 354 g/mol. The minimum Gasteiger partial charge on any atom is -0.323 e. The predicted molar refractivity (Wildman–Crippen MR) is 102 cm³/mol. The molecule has 3 amide bonds. The van der Waals surface area contributed by atoms with Crippen molar-refractivity contribution in [3.8, 4) is 11.8 Å². The highest BCUT2D eigenvalue weighted by molar-refractivity contribution is 6.07. The molecule has 0 bridgehead atoms. The van der Waals surface area contributed by atoms with Crippen LogP contribution < -0.4 is 5.32 Å². The quantitative estimate of drug-likeness (QED) is 0.832. The summed E-state index contributed by atoms with van der Waals surface area (Å²) >= 11 is 0. The summed E-state index contributed by atoms with van der Waals surface area (Å²) in [6, 6.07) is 11.2. The Bertz CT molecular complexity index is 975. The Morgan fingerprint density at radius 1 is 1.29 bits per heavy atom. The number of aryl methyl sites for hydroxylation is 1. The third-order valence-electron chi connectivity index (χ3n) is 6.08. The van der Waals surface area contributed by atoms with Gasteiger partial charge in [0.2, 0.25) is 0 Å². The van der Waals surface area contributed by atoms with E-state index in [1.807, 2.05) is 37.3 Å². The van der Waals surface area contributed by atoms with Gasteiger partial charge in [0.1, 0.15) is 11.6 Å². The fourth-order valence-electron chi connectivity index (χ4n) is 4.44. The zero-order valence-electron chi connectivity index (χ0n) is 16.1. The first kappa shape index (κ1) is 18.2. The predicted octanol–water partition coefficient (Wildman–Crippen LogP) is 3.05. The number of hydrogen-bond acceptors (Lipinski definition) is 4. The molecule has 7 heteroatoms. The second kappa shape index (κ2) is 6.79. The number of amides is 3. The fourth-order valence-corrected chi connectivity index (χ4v) is 4.44. The van der Waals surface area contributed by atoms with Crippen molar-refractivity contribution >= 4 is 11.9 Å². The van der Waals surface area contributed by atoms with E-state index in [-0.39, 0.29) is 24.4 Å². The van der Waals surface area contributed by atoms with Crippen molar-refractivity contribution in [3.05, 3.63) is 47.3 Å². The molecule has 0 radical (unpaired) electrons. The molecule has 1 aliphatic carbocycles. The number of nitriles is 1. The van der Waals surface area contributed by atoms with E-state index in [0.717, 1.165) is 24.9 Å². The lowest BCUT2D eigenvalue weighted by atomic mass is 9.73. The summed E-state index contributed by atoms with van der Waals surface area (Å²) in [5.74, 6) is -0.0917. The highest BCUT2D eigenvalue weighted by Gasteiger charge is 2.55. The molecule has 2 fully saturated rings. The van der Waals surface area contributed by atoms with E-state index in [4.69, 9.17) is 0 Å². The number of urea groups is 1. The van der Waals surface area contributed by atoms with E-state index in [0.29, 0.717) is 23.4 Å².